The predicted molar refractivity (Wildman–Crippen MR) is 101 cm³/mol. The molecule has 0 bridgehead atoms. The number of benzene rings is 2. The summed E-state index contributed by atoms with van der Waals surface area (Å²) in [6.45, 7) is 5.80. The molecular weight excluding hydrogens is 320 g/mol. The maximum Gasteiger partial charge on any atom is 0.255 e. The number of aromatic nitrogens is 1. The van der Waals surface area contributed by atoms with E-state index in [-0.39, 0.29) is 5.91 Å². The summed E-state index contributed by atoms with van der Waals surface area (Å²) < 4.78 is 0.989. The van der Waals surface area contributed by atoms with Gasteiger partial charge in [-0.1, -0.05) is 29.0 Å². The molecule has 3 rings (SSSR count). The lowest BCUT2D eigenvalue weighted by Gasteiger charge is -2.05. The van der Waals surface area contributed by atoms with Crippen LogP contribution < -0.4 is 10.7 Å². The number of aryl methyl sites for hydroxylation is 1. The van der Waals surface area contributed by atoms with Crippen LogP contribution in [0, 0.1) is 6.92 Å². The maximum atomic E-state index is 12.3. The Morgan fingerprint density at radius 1 is 1.17 bits per heavy atom. The number of carbonyl (C=O) groups excluding carboxylic acids is 1. The van der Waals surface area contributed by atoms with E-state index < -0.39 is 0 Å². The second-order valence-electron chi connectivity index (χ2n) is 5.70. The number of anilines is 2. The van der Waals surface area contributed by atoms with Crippen LogP contribution in [-0.4, -0.2) is 16.6 Å². The molecule has 0 saturated carbocycles. The number of rotatable bonds is 4. The molecule has 0 aliphatic rings. The van der Waals surface area contributed by atoms with Crippen LogP contribution in [0.2, 0.25) is 0 Å². The van der Waals surface area contributed by atoms with Crippen molar-refractivity contribution in [2.45, 2.75) is 20.8 Å². The van der Waals surface area contributed by atoms with Crippen LogP contribution in [0.4, 0.5) is 10.8 Å². The van der Waals surface area contributed by atoms with Gasteiger partial charge in [-0.15, -0.1) is 0 Å². The normalized spacial score (nSPS) is 10.5. The summed E-state index contributed by atoms with van der Waals surface area (Å²) in [5.74, 6) is -0.118. The molecule has 0 unspecified atom stereocenters. The van der Waals surface area contributed by atoms with Crippen molar-refractivity contribution in [3.05, 3.63) is 53.6 Å². The highest BCUT2D eigenvalue weighted by atomic mass is 32.1. The van der Waals surface area contributed by atoms with Crippen LogP contribution in [0.1, 0.15) is 29.8 Å². The number of thiazole rings is 1. The molecular formula is C18H18N4OS. The minimum atomic E-state index is -0.118. The van der Waals surface area contributed by atoms with Crippen molar-refractivity contribution >= 4 is 44.0 Å². The van der Waals surface area contributed by atoms with Crippen molar-refractivity contribution in [3.8, 4) is 0 Å². The Labute approximate surface area is 144 Å². The molecule has 1 heterocycles. The smallest absolute Gasteiger partial charge is 0.255 e. The van der Waals surface area contributed by atoms with E-state index in [2.05, 4.69) is 20.8 Å². The van der Waals surface area contributed by atoms with E-state index >= 15 is 0 Å². The first kappa shape index (κ1) is 16.1. The van der Waals surface area contributed by atoms with Crippen molar-refractivity contribution in [2.75, 3.05) is 10.7 Å². The fraction of sp³-hybridized carbons (Fsp3) is 0.167. The van der Waals surface area contributed by atoms with Gasteiger partial charge in [-0.25, -0.2) is 4.98 Å². The van der Waals surface area contributed by atoms with Crippen LogP contribution in [0.25, 0.3) is 10.2 Å². The third-order valence-corrected chi connectivity index (χ3v) is 4.22. The van der Waals surface area contributed by atoms with Crippen molar-refractivity contribution < 1.29 is 4.79 Å². The maximum absolute atomic E-state index is 12.3. The molecule has 2 aromatic carbocycles. The topological polar surface area (TPSA) is 66.4 Å². The minimum absolute atomic E-state index is 0.118. The first-order chi connectivity index (χ1) is 11.5. The number of nitrogens with zero attached hydrogens (tertiary/aromatic N) is 2. The van der Waals surface area contributed by atoms with Gasteiger partial charge in [-0.05, 0) is 51.1 Å². The molecule has 5 nitrogen and oxygen atoms in total. The summed E-state index contributed by atoms with van der Waals surface area (Å²) in [5, 5.41) is 7.81. The molecule has 0 radical (unpaired) electrons. The molecule has 0 spiro atoms. The minimum Gasteiger partial charge on any atom is -0.322 e. The van der Waals surface area contributed by atoms with Gasteiger partial charge in [0.15, 0.2) is 0 Å². The number of nitrogens with one attached hydrogen (secondary N) is 2. The molecule has 0 fully saturated rings. The van der Waals surface area contributed by atoms with Crippen LogP contribution in [0.3, 0.4) is 0 Å². The molecule has 1 amide bonds. The van der Waals surface area contributed by atoms with Crippen molar-refractivity contribution in [1.82, 2.24) is 4.98 Å². The molecule has 2 N–H and O–H groups in total. The lowest BCUT2D eigenvalue weighted by Crippen LogP contribution is -2.11. The van der Waals surface area contributed by atoms with E-state index in [1.165, 1.54) is 11.3 Å². The highest BCUT2D eigenvalue weighted by molar-refractivity contribution is 7.22. The number of amides is 1. The van der Waals surface area contributed by atoms with Crippen LogP contribution >= 0.6 is 11.3 Å². The third-order valence-electron chi connectivity index (χ3n) is 3.30. The molecule has 24 heavy (non-hydrogen) atoms. The second kappa shape index (κ2) is 6.80. The first-order valence-electron chi connectivity index (χ1n) is 7.57. The zero-order chi connectivity index (χ0) is 17.1. The number of hydrazone groups is 1. The van der Waals surface area contributed by atoms with Crippen LogP contribution in [0.5, 0.6) is 0 Å². The van der Waals surface area contributed by atoms with Crippen LogP contribution in [-0.2, 0) is 0 Å². The van der Waals surface area contributed by atoms with Gasteiger partial charge in [0.2, 0.25) is 5.13 Å². The molecule has 6 heteroatoms. The SMILES string of the molecule is CC(C)=NNc1nc2ccc(NC(=O)c3cccc(C)c3)cc2s1. The molecule has 122 valence electrons. The Balaban J connectivity index is 1.80. The third kappa shape index (κ3) is 3.78. The molecule has 0 atom stereocenters. The fourth-order valence-electron chi connectivity index (χ4n) is 2.20. The highest BCUT2D eigenvalue weighted by Gasteiger charge is 2.08. The Morgan fingerprint density at radius 2 is 2.00 bits per heavy atom. The number of hydrogen-bond acceptors (Lipinski definition) is 5. The average molecular weight is 338 g/mol. The van der Waals surface area contributed by atoms with Crippen LogP contribution in [0.15, 0.2) is 47.6 Å². The summed E-state index contributed by atoms with van der Waals surface area (Å²) in [7, 11) is 0. The van der Waals surface area contributed by atoms with Gasteiger partial charge in [-0.3, -0.25) is 10.2 Å². The first-order valence-corrected chi connectivity index (χ1v) is 8.38. The summed E-state index contributed by atoms with van der Waals surface area (Å²) in [4.78, 5) is 16.8. The fourth-order valence-corrected chi connectivity index (χ4v) is 3.05. The highest BCUT2D eigenvalue weighted by Crippen LogP contribution is 2.28. The molecule has 0 aliphatic heterocycles. The Hall–Kier alpha value is -2.73. The van der Waals surface area contributed by atoms with E-state index in [0.29, 0.717) is 5.56 Å². The zero-order valence-corrected chi connectivity index (χ0v) is 14.6. The van der Waals surface area contributed by atoms with Gasteiger partial charge in [0.05, 0.1) is 10.2 Å². The van der Waals surface area contributed by atoms with Crippen molar-refractivity contribution in [1.29, 1.82) is 0 Å². The zero-order valence-electron chi connectivity index (χ0n) is 13.8. The van der Waals surface area contributed by atoms with Gasteiger partial charge in [0.25, 0.3) is 5.91 Å². The standard InChI is InChI=1S/C18H18N4OS/c1-11(2)21-22-18-20-15-8-7-14(10-16(15)24-18)19-17(23)13-6-4-5-12(3)9-13/h4-10H,1-3H3,(H,19,23)(H,20,22). The Bertz CT molecular complexity index is 926. The van der Waals surface area contributed by atoms with Gasteiger partial charge >= 0.3 is 0 Å². The lowest BCUT2D eigenvalue weighted by molar-refractivity contribution is 0.102. The van der Waals surface area contributed by atoms with E-state index in [1.54, 1.807) is 6.07 Å². The Morgan fingerprint density at radius 3 is 2.75 bits per heavy atom. The predicted octanol–water partition coefficient (Wildman–Crippen LogP) is 4.66. The second-order valence-corrected chi connectivity index (χ2v) is 6.73. The molecule has 0 saturated heterocycles. The summed E-state index contributed by atoms with van der Waals surface area (Å²) in [6, 6.07) is 13.2. The van der Waals surface area contributed by atoms with E-state index in [4.69, 9.17) is 0 Å². The van der Waals surface area contributed by atoms with E-state index in [9.17, 15) is 4.79 Å². The molecule has 0 aliphatic carbocycles. The quantitative estimate of drug-likeness (QED) is 0.537. The lowest BCUT2D eigenvalue weighted by atomic mass is 10.1. The summed E-state index contributed by atoms with van der Waals surface area (Å²) in [5.41, 5.74) is 7.20. The number of hydrogen-bond donors (Lipinski definition) is 2. The molecule has 1 aromatic heterocycles. The van der Waals surface area contributed by atoms with Gasteiger partial charge in [-0.2, -0.15) is 5.10 Å². The number of fused-ring (bicyclic) bond motifs is 1. The van der Waals surface area contributed by atoms with E-state index in [1.807, 2.05) is 57.2 Å². The van der Waals surface area contributed by atoms with Gasteiger partial charge in [0, 0.05) is 17.0 Å². The monoisotopic (exact) mass is 338 g/mol. The van der Waals surface area contributed by atoms with Gasteiger partial charge < -0.3 is 5.32 Å². The Kier molecular flexibility index (Phi) is 4.57. The average Bonchev–Trinajstić information content (AvgIpc) is 2.95. The summed E-state index contributed by atoms with van der Waals surface area (Å²) >= 11 is 1.50. The molecule has 3 aromatic rings. The van der Waals surface area contributed by atoms with Gasteiger partial charge in [0.1, 0.15) is 0 Å². The largest absolute Gasteiger partial charge is 0.322 e. The van der Waals surface area contributed by atoms with Crippen molar-refractivity contribution in [2.24, 2.45) is 5.10 Å². The van der Waals surface area contributed by atoms with E-state index in [0.717, 1.165) is 32.3 Å². The number of carbonyl (C=O) groups is 1. The van der Waals surface area contributed by atoms with Crippen molar-refractivity contribution in [3.63, 3.8) is 0 Å². The summed E-state index contributed by atoms with van der Waals surface area (Å²) in [6.07, 6.45) is 0.